The monoisotopic (exact) mass is 83.0 g/mol. The fraction of sp³-hybridized carbons (Fsp3) is 0.333. The van der Waals surface area contributed by atoms with E-state index in [-0.39, 0.29) is 16.5 Å². The van der Waals surface area contributed by atoms with E-state index in [4.69, 9.17) is 0 Å². The Hall–Kier alpha value is -0.491. The van der Waals surface area contributed by atoms with Crippen LogP contribution >= 0.6 is 0 Å². The van der Waals surface area contributed by atoms with E-state index in [1.54, 1.807) is 0 Å². The minimum absolute atomic E-state index is 0. The van der Waals surface area contributed by atoms with Gasteiger partial charge in [0.25, 0.3) is 0 Å². The van der Waals surface area contributed by atoms with E-state index in [0.29, 0.717) is 12.6 Å². The fourth-order valence-corrected chi connectivity index (χ4v) is 0.0393. The first kappa shape index (κ1) is 9.10. The van der Waals surface area contributed by atoms with Gasteiger partial charge in [0.05, 0.1) is 6.42 Å². The van der Waals surface area contributed by atoms with E-state index < -0.39 is 0 Å². The van der Waals surface area contributed by atoms with Crippen molar-refractivity contribution in [1.29, 1.82) is 0 Å². The third-order valence-electron chi connectivity index (χ3n) is 0.192. The molecule has 2 nitrogen and oxygen atoms in total. The quantitative estimate of drug-likeness (QED) is 0.240. The van der Waals surface area contributed by atoms with Crippen LogP contribution in [-0.4, -0.2) is 22.7 Å². The molecule has 0 saturated carbocycles. The minimum atomic E-state index is 0. The molecule has 0 aromatic rings. The standard InChI is InChI=1S/C3H4O2.Be.2H/c4-2-1-3-5;;;/h2-3H,1H2;;;. The number of rotatable bonds is 2. The fourth-order valence-electron chi connectivity index (χ4n) is 0.0393. The van der Waals surface area contributed by atoms with Crippen LogP contribution in [0, 0.1) is 0 Å². The second-order valence-electron chi connectivity index (χ2n) is 0.569. The molecule has 0 rings (SSSR count). The summed E-state index contributed by atoms with van der Waals surface area (Å²) in [7, 11) is 0. The van der Waals surface area contributed by atoms with Crippen LogP contribution in [0.4, 0.5) is 0 Å². The van der Waals surface area contributed by atoms with E-state index in [0.717, 1.165) is 0 Å². The van der Waals surface area contributed by atoms with E-state index >= 15 is 0 Å². The van der Waals surface area contributed by atoms with Crippen molar-refractivity contribution in [1.82, 2.24) is 0 Å². The second-order valence-corrected chi connectivity index (χ2v) is 0.569. The Kier molecular flexibility index (Phi) is 13.4. The van der Waals surface area contributed by atoms with Crippen LogP contribution < -0.4 is 0 Å². The van der Waals surface area contributed by atoms with Crippen LogP contribution in [0.15, 0.2) is 0 Å². The molecular formula is C3H6BeO2. The zero-order valence-corrected chi connectivity index (χ0v) is 2.68. The first-order valence-corrected chi connectivity index (χ1v) is 1.29. The summed E-state index contributed by atoms with van der Waals surface area (Å²) in [6, 6.07) is 0. The maximum absolute atomic E-state index is 9.17. The molecule has 0 N–H and O–H groups in total. The van der Waals surface area contributed by atoms with E-state index in [2.05, 4.69) is 0 Å². The zero-order valence-electron chi connectivity index (χ0n) is 2.68. The molecule has 0 fully saturated rings. The van der Waals surface area contributed by atoms with Crippen LogP contribution in [0.3, 0.4) is 0 Å². The van der Waals surface area contributed by atoms with Gasteiger partial charge in [0.2, 0.25) is 0 Å². The van der Waals surface area contributed by atoms with Crippen molar-refractivity contribution >= 4 is 22.7 Å². The molecule has 0 heterocycles. The van der Waals surface area contributed by atoms with Gasteiger partial charge >= 0.3 is 10.1 Å². The second kappa shape index (κ2) is 8.82. The Morgan fingerprint density at radius 3 is 1.50 bits per heavy atom. The third kappa shape index (κ3) is 9.70. The van der Waals surface area contributed by atoms with Crippen molar-refractivity contribution in [2.75, 3.05) is 0 Å². The Labute approximate surface area is 39.8 Å². The molecule has 0 amide bonds. The van der Waals surface area contributed by atoms with E-state index in [1.807, 2.05) is 0 Å². The van der Waals surface area contributed by atoms with Gasteiger partial charge in [0.1, 0.15) is 12.6 Å². The first-order valence-electron chi connectivity index (χ1n) is 1.29. The summed E-state index contributed by atoms with van der Waals surface area (Å²) >= 11 is 0. The average molecular weight is 83.1 g/mol. The van der Waals surface area contributed by atoms with Crippen molar-refractivity contribution in [2.45, 2.75) is 6.42 Å². The summed E-state index contributed by atoms with van der Waals surface area (Å²) in [6.45, 7) is 0. The van der Waals surface area contributed by atoms with Gasteiger partial charge in [-0.2, -0.15) is 0 Å². The molecular weight excluding hydrogens is 77.0 g/mol. The van der Waals surface area contributed by atoms with Crippen LogP contribution in [0.5, 0.6) is 0 Å². The van der Waals surface area contributed by atoms with Crippen LogP contribution in [0.1, 0.15) is 6.42 Å². The van der Waals surface area contributed by atoms with Gasteiger partial charge in [-0.25, -0.2) is 0 Å². The van der Waals surface area contributed by atoms with E-state index in [9.17, 15) is 9.59 Å². The molecule has 0 aromatic carbocycles. The molecule has 0 atom stereocenters. The van der Waals surface area contributed by atoms with Crippen molar-refractivity contribution in [3.8, 4) is 0 Å². The number of aldehydes is 2. The van der Waals surface area contributed by atoms with Crippen molar-refractivity contribution in [3.63, 3.8) is 0 Å². The molecule has 0 aliphatic rings. The molecule has 0 aromatic heterocycles. The third-order valence-corrected chi connectivity index (χ3v) is 0.192. The van der Waals surface area contributed by atoms with Gasteiger partial charge in [-0.1, -0.05) is 0 Å². The zero-order chi connectivity index (χ0) is 4.12. The van der Waals surface area contributed by atoms with Gasteiger partial charge in [0, 0.05) is 0 Å². The van der Waals surface area contributed by atoms with Gasteiger partial charge < -0.3 is 9.59 Å². The first-order chi connectivity index (χ1) is 2.41. The molecule has 0 aliphatic heterocycles. The summed E-state index contributed by atoms with van der Waals surface area (Å²) in [5, 5.41) is 0. The molecule has 3 heteroatoms. The van der Waals surface area contributed by atoms with Crippen molar-refractivity contribution in [3.05, 3.63) is 0 Å². The molecule has 0 unspecified atom stereocenters. The van der Waals surface area contributed by atoms with Crippen LogP contribution in [0.2, 0.25) is 0 Å². The molecule has 0 saturated heterocycles. The summed E-state index contributed by atoms with van der Waals surface area (Å²) in [6.07, 6.45) is 1.15. The Morgan fingerprint density at radius 1 is 1.17 bits per heavy atom. The molecule has 0 bridgehead atoms. The normalized spacial score (nSPS) is 5.33. The van der Waals surface area contributed by atoms with Crippen LogP contribution in [-0.2, 0) is 9.59 Å². The molecule has 0 spiro atoms. The number of hydrogen-bond donors (Lipinski definition) is 0. The Bertz CT molecular complexity index is 38.1. The molecule has 6 heavy (non-hydrogen) atoms. The van der Waals surface area contributed by atoms with Gasteiger partial charge in [-0.05, 0) is 0 Å². The van der Waals surface area contributed by atoms with Gasteiger partial charge in [0.15, 0.2) is 0 Å². The van der Waals surface area contributed by atoms with Crippen molar-refractivity contribution in [2.24, 2.45) is 0 Å². The van der Waals surface area contributed by atoms with Crippen LogP contribution in [0.25, 0.3) is 0 Å². The maximum atomic E-state index is 9.17. The molecule has 0 radical (unpaired) electrons. The number of hydrogen-bond acceptors (Lipinski definition) is 2. The Morgan fingerprint density at radius 2 is 1.50 bits per heavy atom. The number of carbonyl (C=O) groups is 2. The Balaban J connectivity index is 0. The van der Waals surface area contributed by atoms with Crippen molar-refractivity contribution < 1.29 is 9.59 Å². The summed E-state index contributed by atoms with van der Waals surface area (Å²) < 4.78 is 0. The van der Waals surface area contributed by atoms with Gasteiger partial charge in [-0.15, -0.1) is 0 Å². The molecule has 32 valence electrons. The summed E-state index contributed by atoms with van der Waals surface area (Å²) in [5.74, 6) is 0. The molecule has 0 aliphatic carbocycles. The average Bonchev–Trinajstić information content (AvgIpc) is 1.41. The predicted molar refractivity (Wildman–Crippen MR) is 25.3 cm³/mol. The SMILES string of the molecule is O=CCC=O.[BeH2]. The summed E-state index contributed by atoms with van der Waals surface area (Å²) in [5.41, 5.74) is 0. The predicted octanol–water partition coefficient (Wildman–Crippen LogP) is -1.14. The topological polar surface area (TPSA) is 34.1 Å². The van der Waals surface area contributed by atoms with Gasteiger partial charge in [-0.3, -0.25) is 0 Å². The van der Waals surface area contributed by atoms with E-state index in [1.165, 1.54) is 0 Å². The summed E-state index contributed by atoms with van der Waals surface area (Å²) in [4.78, 5) is 18.3. The number of carbonyl (C=O) groups excluding carboxylic acids is 2.